The van der Waals surface area contributed by atoms with Crippen molar-refractivity contribution in [3.05, 3.63) is 56.2 Å². The molecule has 2 aromatic heterocycles. The minimum Gasteiger partial charge on any atom is -0.378 e. The molecule has 1 aliphatic heterocycles. The fourth-order valence-electron chi connectivity index (χ4n) is 4.58. The van der Waals surface area contributed by atoms with Crippen molar-refractivity contribution >= 4 is 34.1 Å². The Kier molecular flexibility index (Phi) is 6.59. The third-order valence-corrected chi connectivity index (χ3v) is 6.71. The third kappa shape index (κ3) is 4.17. The smallest absolute Gasteiger partial charge is 0.222 e. The van der Waals surface area contributed by atoms with Crippen molar-refractivity contribution in [2.75, 3.05) is 13.2 Å². The summed E-state index contributed by atoms with van der Waals surface area (Å²) in [5.41, 5.74) is 4.08. The summed E-state index contributed by atoms with van der Waals surface area (Å²) in [4.78, 5) is 24.0. The molecule has 8 heteroatoms. The van der Waals surface area contributed by atoms with Crippen molar-refractivity contribution in [1.82, 2.24) is 19.4 Å². The SMILES string of the molecule is Cc1c(CN2[C@@H](C)COC[C@@H]2C)n(C(C)C)c2cc(-c3nc(Cl)ncc3Cl)ccc2c1=O. The maximum absolute atomic E-state index is 13.4. The average Bonchev–Trinajstić information content (AvgIpc) is 2.75. The minimum atomic E-state index is 0.0545. The molecule has 0 unspecified atom stereocenters. The van der Waals surface area contributed by atoms with Crippen LogP contribution in [0.5, 0.6) is 0 Å². The molecule has 170 valence electrons. The number of rotatable bonds is 4. The summed E-state index contributed by atoms with van der Waals surface area (Å²) in [7, 11) is 0. The zero-order valence-corrected chi connectivity index (χ0v) is 20.5. The molecular weight excluding hydrogens is 447 g/mol. The Hall–Kier alpha value is -1.99. The number of hydrogen-bond acceptors (Lipinski definition) is 5. The van der Waals surface area contributed by atoms with Crippen LogP contribution in [0.15, 0.2) is 29.2 Å². The summed E-state index contributed by atoms with van der Waals surface area (Å²) >= 11 is 12.4. The van der Waals surface area contributed by atoms with Crippen LogP contribution in [-0.4, -0.2) is 44.7 Å². The largest absolute Gasteiger partial charge is 0.378 e. The van der Waals surface area contributed by atoms with Crippen LogP contribution in [0.1, 0.15) is 45.0 Å². The summed E-state index contributed by atoms with van der Waals surface area (Å²) in [6.07, 6.45) is 1.49. The standard InChI is InChI=1S/C24H28Cl2N4O2/c1-13(2)30-20-8-17(22-19(25)9-27-24(26)28-22)6-7-18(20)23(31)16(5)21(30)10-29-14(3)11-32-12-15(29)4/h6-9,13-15H,10-12H2,1-5H3/t14-,15-/m0/s1. The highest BCUT2D eigenvalue weighted by Gasteiger charge is 2.28. The zero-order chi connectivity index (χ0) is 23.2. The van der Waals surface area contributed by atoms with Crippen molar-refractivity contribution in [2.45, 2.75) is 59.3 Å². The first kappa shape index (κ1) is 23.2. The molecule has 1 aromatic carbocycles. The van der Waals surface area contributed by atoms with E-state index in [1.54, 1.807) is 0 Å². The highest BCUT2D eigenvalue weighted by molar-refractivity contribution is 6.33. The molecule has 0 aliphatic carbocycles. The van der Waals surface area contributed by atoms with Gasteiger partial charge in [-0.2, -0.15) is 0 Å². The van der Waals surface area contributed by atoms with E-state index in [9.17, 15) is 4.79 Å². The molecule has 1 fully saturated rings. The maximum atomic E-state index is 13.4. The minimum absolute atomic E-state index is 0.0545. The molecule has 3 heterocycles. The van der Waals surface area contributed by atoms with E-state index in [0.717, 1.165) is 22.3 Å². The van der Waals surface area contributed by atoms with Gasteiger partial charge < -0.3 is 9.30 Å². The molecule has 6 nitrogen and oxygen atoms in total. The quantitative estimate of drug-likeness (QED) is 0.482. The van der Waals surface area contributed by atoms with Crippen molar-refractivity contribution in [3.63, 3.8) is 0 Å². The second-order valence-corrected chi connectivity index (χ2v) is 9.59. The van der Waals surface area contributed by atoms with Gasteiger partial charge in [0, 0.05) is 46.9 Å². The topological polar surface area (TPSA) is 60.2 Å². The number of pyridine rings is 1. The molecule has 0 spiro atoms. The molecule has 4 rings (SSSR count). The first-order chi connectivity index (χ1) is 15.2. The molecule has 0 radical (unpaired) electrons. The molecular formula is C24H28Cl2N4O2. The number of aromatic nitrogens is 3. The fraction of sp³-hybridized carbons (Fsp3) is 0.458. The van der Waals surface area contributed by atoms with Crippen LogP contribution in [0.2, 0.25) is 10.3 Å². The Balaban J connectivity index is 1.94. The van der Waals surface area contributed by atoms with Gasteiger partial charge in [0.1, 0.15) is 0 Å². The molecule has 0 amide bonds. The average molecular weight is 475 g/mol. The second-order valence-electron chi connectivity index (χ2n) is 8.84. The van der Waals surface area contributed by atoms with Gasteiger partial charge in [-0.1, -0.05) is 17.7 Å². The van der Waals surface area contributed by atoms with Gasteiger partial charge in [-0.25, -0.2) is 9.97 Å². The summed E-state index contributed by atoms with van der Waals surface area (Å²) in [6, 6.07) is 6.41. The van der Waals surface area contributed by atoms with Gasteiger partial charge in [0.2, 0.25) is 5.28 Å². The Morgan fingerprint density at radius 3 is 2.53 bits per heavy atom. The van der Waals surface area contributed by atoms with Crippen LogP contribution in [0, 0.1) is 6.92 Å². The van der Waals surface area contributed by atoms with Gasteiger partial charge in [0.25, 0.3) is 0 Å². The van der Waals surface area contributed by atoms with E-state index >= 15 is 0 Å². The molecule has 1 aliphatic rings. The van der Waals surface area contributed by atoms with Gasteiger partial charge in [0.05, 0.1) is 35.6 Å². The Bertz CT molecular complexity index is 1210. The summed E-state index contributed by atoms with van der Waals surface area (Å²) in [5.74, 6) is 0. The lowest BCUT2D eigenvalue weighted by atomic mass is 10.0. The number of morpholine rings is 1. The predicted octanol–water partition coefficient (Wildman–Crippen LogP) is 5.26. The molecule has 32 heavy (non-hydrogen) atoms. The summed E-state index contributed by atoms with van der Waals surface area (Å²) in [5, 5.41) is 1.23. The van der Waals surface area contributed by atoms with Crippen LogP contribution >= 0.6 is 23.2 Å². The van der Waals surface area contributed by atoms with Crippen LogP contribution in [0.4, 0.5) is 0 Å². The van der Waals surface area contributed by atoms with E-state index in [0.29, 0.717) is 35.9 Å². The van der Waals surface area contributed by atoms with Crippen molar-refractivity contribution < 1.29 is 4.74 Å². The third-order valence-electron chi connectivity index (χ3n) is 6.25. The number of halogens is 2. The van der Waals surface area contributed by atoms with E-state index in [1.807, 2.05) is 25.1 Å². The lowest BCUT2D eigenvalue weighted by molar-refractivity contribution is -0.0420. The lowest BCUT2D eigenvalue weighted by Crippen LogP contribution is -2.49. The normalized spacial score (nSPS) is 19.8. The van der Waals surface area contributed by atoms with Crippen LogP contribution in [0.25, 0.3) is 22.2 Å². The van der Waals surface area contributed by atoms with Crippen molar-refractivity contribution in [2.24, 2.45) is 0 Å². The first-order valence-corrected chi connectivity index (χ1v) is 11.6. The number of fused-ring (bicyclic) bond motifs is 1. The molecule has 0 bridgehead atoms. The number of nitrogens with zero attached hydrogens (tertiary/aromatic N) is 4. The Morgan fingerprint density at radius 1 is 1.19 bits per heavy atom. The lowest BCUT2D eigenvalue weighted by Gasteiger charge is -2.39. The van der Waals surface area contributed by atoms with Crippen LogP contribution in [0.3, 0.4) is 0 Å². The van der Waals surface area contributed by atoms with Gasteiger partial charge in [0.15, 0.2) is 5.43 Å². The predicted molar refractivity (Wildman–Crippen MR) is 130 cm³/mol. The van der Waals surface area contributed by atoms with Gasteiger partial charge in [-0.05, 0) is 58.4 Å². The van der Waals surface area contributed by atoms with Crippen molar-refractivity contribution in [1.29, 1.82) is 0 Å². The van der Waals surface area contributed by atoms with Gasteiger partial charge >= 0.3 is 0 Å². The molecule has 1 saturated heterocycles. The fourth-order valence-corrected chi connectivity index (χ4v) is 4.92. The molecule has 0 N–H and O–H groups in total. The van der Waals surface area contributed by atoms with Crippen LogP contribution in [-0.2, 0) is 11.3 Å². The van der Waals surface area contributed by atoms with Crippen LogP contribution < -0.4 is 5.43 Å². The Labute approximate surface area is 198 Å². The monoisotopic (exact) mass is 474 g/mol. The van der Waals surface area contributed by atoms with E-state index in [4.69, 9.17) is 27.9 Å². The highest BCUT2D eigenvalue weighted by atomic mass is 35.5. The Morgan fingerprint density at radius 2 is 1.88 bits per heavy atom. The highest BCUT2D eigenvalue weighted by Crippen LogP contribution is 2.31. The molecule has 0 saturated carbocycles. The van der Waals surface area contributed by atoms with E-state index in [-0.39, 0.29) is 28.8 Å². The maximum Gasteiger partial charge on any atom is 0.222 e. The zero-order valence-electron chi connectivity index (χ0n) is 19.0. The molecule has 2 atom stereocenters. The summed E-state index contributed by atoms with van der Waals surface area (Å²) in [6.45, 7) is 12.6. The van der Waals surface area contributed by atoms with Gasteiger partial charge in [-0.15, -0.1) is 0 Å². The number of ether oxygens (including phenoxy) is 1. The first-order valence-electron chi connectivity index (χ1n) is 10.9. The summed E-state index contributed by atoms with van der Waals surface area (Å²) < 4.78 is 7.97. The van der Waals surface area contributed by atoms with Gasteiger partial charge in [-0.3, -0.25) is 9.69 Å². The van der Waals surface area contributed by atoms with E-state index in [1.165, 1.54) is 6.20 Å². The van der Waals surface area contributed by atoms with E-state index < -0.39 is 0 Å². The number of benzene rings is 1. The van der Waals surface area contributed by atoms with Crippen molar-refractivity contribution in [3.8, 4) is 11.3 Å². The van der Waals surface area contributed by atoms with E-state index in [2.05, 4.69) is 47.1 Å². The number of hydrogen-bond donors (Lipinski definition) is 0. The molecule has 3 aromatic rings. The second kappa shape index (κ2) is 9.10.